The Morgan fingerprint density at radius 1 is 1.50 bits per heavy atom. The van der Waals surface area contributed by atoms with Crippen LogP contribution in [0.4, 0.5) is 4.39 Å². The number of halogens is 3. The van der Waals surface area contributed by atoms with E-state index >= 15 is 0 Å². The minimum Gasteiger partial charge on any atom is -0.347 e. The molecule has 0 aliphatic rings. The number of amides is 1. The highest BCUT2D eigenvalue weighted by Crippen LogP contribution is 2.19. The maximum atomic E-state index is 13.5. The van der Waals surface area contributed by atoms with Crippen LogP contribution in [0.15, 0.2) is 18.2 Å². The van der Waals surface area contributed by atoms with E-state index in [4.69, 9.17) is 23.2 Å². The number of carbonyl (C=O) groups is 1. The highest BCUT2D eigenvalue weighted by molar-refractivity contribution is 6.31. The van der Waals surface area contributed by atoms with Gasteiger partial charge in [-0.1, -0.05) is 18.5 Å². The van der Waals surface area contributed by atoms with Crippen molar-refractivity contribution >= 4 is 29.1 Å². The van der Waals surface area contributed by atoms with Crippen molar-refractivity contribution in [2.45, 2.75) is 32.2 Å². The van der Waals surface area contributed by atoms with Gasteiger partial charge in [0, 0.05) is 16.4 Å². The Kier molecular flexibility index (Phi) is 5.42. The largest absolute Gasteiger partial charge is 0.347 e. The van der Waals surface area contributed by atoms with Crippen LogP contribution in [0.2, 0.25) is 5.02 Å². The second kappa shape index (κ2) is 6.39. The van der Waals surface area contributed by atoms with Crippen LogP contribution in [0.5, 0.6) is 0 Å². The van der Waals surface area contributed by atoms with Gasteiger partial charge in [0.05, 0.1) is 5.56 Å². The van der Waals surface area contributed by atoms with Gasteiger partial charge in [0.25, 0.3) is 5.91 Å². The molecular formula is C13H16Cl2FNO. The van der Waals surface area contributed by atoms with Crippen molar-refractivity contribution in [3.8, 4) is 0 Å². The molecule has 0 bridgehead atoms. The molecule has 0 spiro atoms. The molecule has 18 heavy (non-hydrogen) atoms. The monoisotopic (exact) mass is 291 g/mol. The van der Waals surface area contributed by atoms with Crippen LogP contribution in [0, 0.1) is 5.82 Å². The van der Waals surface area contributed by atoms with E-state index in [0.717, 1.165) is 0 Å². The molecule has 1 unspecified atom stereocenters. The van der Waals surface area contributed by atoms with E-state index in [1.807, 2.05) is 13.8 Å². The Morgan fingerprint density at radius 3 is 2.72 bits per heavy atom. The number of rotatable bonds is 5. The molecule has 0 aliphatic carbocycles. The zero-order valence-electron chi connectivity index (χ0n) is 10.4. The second-order valence-electron chi connectivity index (χ2n) is 4.43. The van der Waals surface area contributed by atoms with Gasteiger partial charge in [-0.2, -0.15) is 0 Å². The van der Waals surface area contributed by atoms with Crippen molar-refractivity contribution in [1.82, 2.24) is 5.32 Å². The zero-order chi connectivity index (χ0) is 13.8. The second-order valence-corrected chi connectivity index (χ2v) is 5.25. The molecule has 1 amide bonds. The van der Waals surface area contributed by atoms with Crippen LogP contribution >= 0.6 is 23.2 Å². The van der Waals surface area contributed by atoms with Gasteiger partial charge < -0.3 is 5.32 Å². The van der Waals surface area contributed by atoms with E-state index in [2.05, 4.69) is 5.32 Å². The summed E-state index contributed by atoms with van der Waals surface area (Å²) in [5, 5.41) is 3.14. The average Bonchev–Trinajstić information content (AvgIpc) is 2.32. The van der Waals surface area contributed by atoms with Crippen molar-refractivity contribution in [2.75, 3.05) is 5.88 Å². The fourth-order valence-electron chi connectivity index (χ4n) is 1.55. The summed E-state index contributed by atoms with van der Waals surface area (Å²) in [6, 6.07) is 3.91. The van der Waals surface area contributed by atoms with Crippen LogP contribution < -0.4 is 5.32 Å². The van der Waals surface area contributed by atoms with Crippen LogP contribution in [-0.4, -0.2) is 17.3 Å². The molecule has 1 aromatic rings. The fraction of sp³-hybridized carbons (Fsp3) is 0.462. The topological polar surface area (TPSA) is 29.1 Å². The van der Waals surface area contributed by atoms with E-state index in [9.17, 15) is 9.18 Å². The molecule has 0 aromatic heterocycles. The van der Waals surface area contributed by atoms with Gasteiger partial charge >= 0.3 is 0 Å². The number of benzene rings is 1. The molecule has 0 radical (unpaired) electrons. The SMILES string of the molecule is CCC(C)(CCCl)NC(=O)c1cc(Cl)ccc1F. The van der Waals surface area contributed by atoms with Gasteiger partial charge in [-0.05, 0) is 38.0 Å². The standard InChI is InChI=1S/C13H16Cl2FNO/c1-3-13(2,6-7-14)17-12(18)10-8-9(15)4-5-11(10)16/h4-5,8H,3,6-7H2,1-2H3,(H,17,18). The van der Waals surface area contributed by atoms with Gasteiger partial charge in [0.2, 0.25) is 0 Å². The number of carbonyl (C=O) groups excluding carboxylic acids is 1. The minimum absolute atomic E-state index is 0.0447. The summed E-state index contributed by atoms with van der Waals surface area (Å²) >= 11 is 11.5. The molecule has 1 atom stereocenters. The third-order valence-corrected chi connectivity index (χ3v) is 3.44. The van der Waals surface area contributed by atoms with E-state index in [0.29, 0.717) is 23.7 Å². The molecule has 1 N–H and O–H groups in total. The highest BCUT2D eigenvalue weighted by Gasteiger charge is 2.25. The number of nitrogens with one attached hydrogen (secondary N) is 1. The molecule has 2 nitrogen and oxygen atoms in total. The first-order chi connectivity index (χ1) is 8.41. The molecule has 5 heteroatoms. The predicted octanol–water partition coefficient (Wildman–Crippen LogP) is 4.01. The van der Waals surface area contributed by atoms with E-state index in [-0.39, 0.29) is 5.56 Å². The van der Waals surface area contributed by atoms with Crippen LogP contribution in [0.1, 0.15) is 37.0 Å². The third kappa shape index (κ3) is 3.85. The van der Waals surface area contributed by atoms with E-state index in [1.54, 1.807) is 0 Å². The lowest BCUT2D eigenvalue weighted by Crippen LogP contribution is -2.46. The van der Waals surface area contributed by atoms with Gasteiger partial charge in [-0.3, -0.25) is 4.79 Å². The van der Waals surface area contributed by atoms with Gasteiger partial charge in [0.15, 0.2) is 0 Å². The Bertz CT molecular complexity index is 439. The average molecular weight is 292 g/mol. The lowest BCUT2D eigenvalue weighted by atomic mass is 9.95. The first-order valence-corrected chi connectivity index (χ1v) is 6.66. The number of hydrogen-bond acceptors (Lipinski definition) is 1. The molecule has 0 heterocycles. The molecule has 1 aromatic carbocycles. The smallest absolute Gasteiger partial charge is 0.254 e. The van der Waals surface area contributed by atoms with E-state index < -0.39 is 17.3 Å². The predicted molar refractivity (Wildman–Crippen MR) is 72.9 cm³/mol. The molecule has 0 saturated carbocycles. The Hall–Kier alpha value is -0.800. The van der Waals surface area contributed by atoms with Crippen LogP contribution in [0.3, 0.4) is 0 Å². The highest BCUT2D eigenvalue weighted by atomic mass is 35.5. The number of alkyl halides is 1. The normalized spacial score (nSPS) is 14.1. The maximum Gasteiger partial charge on any atom is 0.254 e. The minimum atomic E-state index is -0.582. The van der Waals surface area contributed by atoms with Crippen molar-refractivity contribution in [2.24, 2.45) is 0 Å². The Balaban J connectivity index is 2.90. The van der Waals surface area contributed by atoms with Gasteiger partial charge in [0.1, 0.15) is 5.82 Å². The summed E-state index contributed by atoms with van der Waals surface area (Å²) in [7, 11) is 0. The van der Waals surface area contributed by atoms with E-state index in [1.165, 1.54) is 18.2 Å². The first-order valence-electron chi connectivity index (χ1n) is 5.75. The summed E-state index contributed by atoms with van der Waals surface area (Å²) < 4.78 is 13.5. The van der Waals surface area contributed by atoms with Gasteiger partial charge in [-0.15, -0.1) is 11.6 Å². The van der Waals surface area contributed by atoms with Gasteiger partial charge in [-0.25, -0.2) is 4.39 Å². The first kappa shape index (κ1) is 15.3. The lowest BCUT2D eigenvalue weighted by Gasteiger charge is -2.29. The molecule has 1 rings (SSSR count). The molecule has 0 saturated heterocycles. The Labute approximate surface area is 116 Å². The summed E-state index contributed by atoms with van der Waals surface area (Å²) in [4.78, 5) is 12.0. The van der Waals surface area contributed by atoms with Crippen molar-refractivity contribution in [3.05, 3.63) is 34.6 Å². The van der Waals surface area contributed by atoms with Crippen molar-refractivity contribution in [3.63, 3.8) is 0 Å². The summed E-state index contributed by atoms with van der Waals surface area (Å²) in [5.74, 6) is -0.617. The van der Waals surface area contributed by atoms with Crippen molar-refractivity contribution < 1.29 is 9.18 Å². The summed E-state index contributed by atoms with van der Waals surface area (Å²) in [6.45, 7) is 3.83. The lowest BCUT2D eigenvalue weighted by molar-refractivity contribution is 0.0897. The maximum absolute atomic E-state index is 13.5. The molecular weight excluding hydrogens is 276 g/mol. The zero-order valence-corrected chi connectivity index (χ0v) is 11.9. The fourth-order valence-corrected chi connectivity index (χ4v) is 2.14. The van der Waals surface area contributed by atoms with Crippen molar-refractivity contribution in [1.29, 1.82) is 0 Å². The summed E-state index contributed by atoms with van der Waals surface area (Å²) in [6.07, 6.45) is 1.34. The third-order valence-electron chi connectivity index (χ3n) is 3.01. The number of hydrogen-bond donors (Lipinski definition) is 1. The Morgan fingerprint density at radius 2 is 2.17 bits per heavy atom. The van der Waals surface area contributed by atoms with Crippen LogP contribution in [0.25, 0.3) is 0 Å². The molecule has 100 valence electrons. The quantitative estimate of drug-likeness (QED) is 0.816. The van der Waals surface area contributed by atoms with Crippen LogP contribution in [-0.2, 0) is 0 Å². The molecule has 0 aliphatic heterocycles. The summed E-state index contributed by atoms with van der Waals surface area (Å²) in [5.41, 5.74) is -0.482. The molecule has 0 fully saturated rings.